The first-order valence-electron chi connectivity index (χ1n) is 6.45. The second kappa shape index (κ2) is 6.68. The molecule has 1 fully saturated rings. The van der Waals surface area contributed by atoms with Crippen LogP contribution in [0.3, 0.4) is 0 Å². The van der Waals surface area contributed by atoms with Gasteiger partial charge in [-0.15, -0.1) is 0 Å². The van der Waals surface area contributed by atoms with Crippen LogP contribution < -0.4 is 0 Å². The maximum atomic E-state index is 12.4. The Labute approximate surface area is 105 Å². The first-order valence-corrected chi connectivity index (χ1v) is 7.85. The van der Waals surface area contributed by atoms with Crippen LogP contribution in [0.25, 0.3) is 0 Å². The number of nitrogens with zero attached hydrogens (tertiary/aromatic N) is 2. The van der Waals surface area contributed by atoms with Crippen LogP contribution in [0, 0.1) is 0 Å². The van der Waals surface area contributed by atoms with Gasteiger partial charge in [0.2, 0.25) is 0 Å². The molecule has 0 bridgehead atoms. The molecule has 0 radical (unpaired) electrons. The third-order valence-corrected chi connectivity index (χ3v) is 5.59. The molecular formula is C11H24N2O3S. The summed E-state index contributed by atoms with van der Waals surface area (Å²) >= 11 is 0. The van der Waals surface area contributed by atoms with Crippen LogP contribution in [-0.2, 0) is 10.2 Å². The Morgan fingerprint density at radius 2 is 1.82 bits per heavy atom. The lowest BCUT2D eigenvalue weighted by atomic mass is 9.93. The maximum Gasteiger partial charge on any atom is 0.282 e. The molecule has 1 aliphatic carbocycles. The standard InChI is InChI=1S/C11H24N2O3S/c1-3-12(4-2)17(15,16)13(9-6-10-14)11-7-5-8-11/h11,14H,3-10H2,1-2H3. The van der Waals surface area contributed by atoms with E-state index in [0.717, 1.165) is 19.3 Å². The summed E-state index contributed by atoms with van der Waals surface area (Å²) in [7, 11) is -3.34. The van der Waals surface area contributed by atoms with Gasteiger partial charge >= 0.3 is 0 Å². The Morgan fingerprint density at radius 3 is 2.18 bits per heavy atom. The van der Waals surface area contributed by atoms with E-state index >= 15 is 0 Å². The highest BCUT2D eigenvalue weighted by Gasteiger charge is 2.35. The van der Waals surface area contributed by atoms with Crippen molar-refractivity contribution in [2.75, 3.05) is 26.2 Å². The number of aliphatic hydroxyl groups excluding tert-OH is 1. The second-order valence-electron chi connectivity index (χ2n) is 4.36. The summed E-state index contributed by atoms with van der Waals surface area (Å²) in [5.41, 5.74) is 0. The number of rotatable bonds is 8. The molecule has 0 aromatic rings. The van der Waals surface area contributed by atoms with Crippen molar-refractivity contribution in [3.63, 3.8) is 0 Å². The van der Waals surface area contributed by atoms with E-state index in [1.807, 2.05) is 13.8 Å². The van der Waals surface area contributed by atoms with E-state index in [9.17, 15) is 8.42 Å². The van der Waals surface area contributed by atoms with Crippen LogP contribution in [0.15, 0.2) is 0 Å². The molecule has 0 unspecified atom stereocenters. The fourth-order valence-corrected chi connectivity index (χ4v) is 3.98. The first-order chi connectivity index (χ1) is 8.07. The van der Waals surface area contributed by atoms with Crippen LogP contribution in [0.5, 0.6) is 0 Å². The van der Waals surface area contributed by atoms with Gasteiger partial charge in [-0.05, 0) is 19.3 Å². The highest BCUT2D eigenvalue weighted by atomic mass is 32.2. The Balaban J connectivity index is 2.79. The van der Waals surface area contributed by atoms with Crippen molar-refractivity contribution in [3.05, 3.63) is 0 Å². The highest BCUT2D eigenvalue weighted by molar-refractivity contribution is 7.86. The Hall–Kier alpha value is -0.170. The summed E-state index contributed by atoms with van der Waals surface area (Å²) in [6.45, 7) is 5.18. The minimum Gasteiger partial charge on any atom is -0.396 e. The molecule has 5 nitrogen and oxygen atoms in total. The van der Waals surface area contributed by atoms with Gasteiger partial charge < -0.3 is 5.11 Å². The molecule has 1 aliphatic rings. The van der Waals surface area contributed by atoms with Crippen LogP contribution in [0.2, 0.25) is 0 Å². The van der Waals surface area contributed by atoms with Gasteiger partial charge in [0, 0.05) is 32.3 Å². The van der Waals surface area contributed by atoms with E-state index in [4.69, 9.17) is 5.11 Å². The molecule has 0 aromatic carbocycles. The molecule has 102 valence electrons. The van der Waals surface area contributed by atoms with Gasteiger partial charge in [-0.2, -0.15) is 17.0 Å². The predicted molar refractivity (Wildman–Crippen MR) is 67.9 cm³/mol. The van der Waals surface area contributed by atoms with Gasteiger partial charge in [-0.25, -0.2) is 0 Å². The zero-order valence-electron chi connectivity index (χ0n) is 10.8. The van der Waals surface area contributed by atoms with Crippen molar-refractivity contribution in [1.29, 1.82) is 0 Å². The van der Waals surface area contributed by atoms with E-state index in [-0.39, 0.29) is 12.6 Å². The van der Waals surface area contributed by atoms with Crippen molar-refractivity contribution in [2.24, 2.45) is 0 Å². The van der Waals surface area contributed by atoms with E-state index < -0.39 is 10.2 Å². The molecule has 1 rings (SSSR count). The Morgan fingerprint density at radius 1 is 1.24 bits per heavy atom. The quantitative estimate of drug-likeness (QED) is 0.706. The molecule has 0 saturated heterocycles. The number of aliphatic hydroxyl groups is 1. The largest absolute Gasteiger partial charge is 0.396 e. The summed E-state index contributed by atoms with van der Waals surface area (Å²) in [6, 6.07) is 0.146. The summed E-state index contributed by atoms with van der Waals surface area (Å²) in [5, 5.41) is 8.87. The summed E-state index contributed by atoms with van der Waals surface area (Å²) in [6.07, 6.45) is 3.52. The monoisotopic (exact) mass is 264 g/mol. The topological polar surface area (TPSA) is 60.9 Å². The lowest BCUT2D eigenvalue weighted by molar-refractivity contribution is 0.188. The number of hydrogen-bond donors (Lipinski definition) is 1. The van der Waals surface area contributed by atoms with Crippen molar-refractivity contribution in [3.8, 4) is 0 Å². The Kier molecular flexibility index (Phi) is 5.85. The zero-order chi connectivity index (χ0) is 12.9. The molecule has 6 heteroatoms. The van der Waals surface area contributed by atoms with Gasteiger partial charge in [0.05, 0.1) is 0 Å². The predicted octanol–water partition coefficient (Wildman–Crippen LogP) is 0.810. The van der Waals surface area contributed by atoms with Crippen LogP contribution in [0.1, 0.15) is 39.5 Å². The highest BCUT2D eigenvalue weighted by Crippen LogP contribution is 2.28. The normalized spacial score (nSPS) is 17.7. The molecule has 0 amide bonds. The average molecular weight is 264 g/mol. The lowest BCUT2D eigenvalue weighted by Gasteiger charge is -2.38. The van der Waals surface area contributed by atoms with Crippen molar-refractivity contribution in [2.45, 2.75) is 45.6 Å². The molecule has 1 saturated carbocycles. The fraction of sp³-hybridized carbons (Fsp3) is 1.00. The van der Waals surface area contributed by atoms with Gasteiger partial charge in [-0.1, -0.05) is 20.3 Å². The van der Waals surface area contributed by atoms with E-state index in [1.54, 1.807) is 4.31 Å². The molecule has 0 aromatic heterocycles. The van der Waals surface area contributed by atoms with Gasteiger partial charge in [0.15, 0.2) is 0 Å². The van der Waals surface area contributed by atoms with Crippen LogP contribution in [0.4, 0.5) is 0 Å². The van der Waals surface area contributed by atoms with Crippen LogP contribution >= 0.6 is 0 Å². The van der Waals surface area contributed by atoms with Gasteiger partial charge in [-0.3, -0.25) is 0 Å². The van der Waals surface area contributed by atoms with Crippen LogP contribution in [-0.4, -0.2) is 54.4 Å². The van der Waals surface area contributed by atoms with Crippen molar-refractivity contribution < 1.29 is 13.5 Å². The van der Waals surface area contributed by atoms with Crippen molar-refractivity contribution >= 4 is 10.2 Å². The molecule has 0 heterocycles. The molecular weight excluding hydrogens is 240 g/mol. The Bertz CT molecular complexity index is 311. The summed E-state index contributed by atoms with van der Waals surface area (Å²) < 4.78 is 27.9. The number of hydrogen-bond acceptors (Lipinski definition) is 3. The fourth-order valence-electron chi connectivity index (χ4n) is 2.09. The lowest BCUT2D eigenvalue weighted by Crippen LogP contribution is -2.51. The van der Waals surface area contributed by atoms with Crippen molar-refractivity contribution in [1.82, 2.24) is 8.61 Å². The minimum absolute atomic E-state index is 0.0387. The third kappa shape index (κ3) is 3.40. The summed E-state index contributed by atoms with van der Waals surface area (Å²) in [4.78, 5) is 0. The smallest absolute Gasteiger partial charge is 0.282 e. The van der Waals surface area contributed by atoms with E-state index in [2.05, 4.69) is 0 Å². The first kappa shape index (κ1) is 14.9. The van der Waals surface area contributed by atoms with Gasteiger partial charge in [0.25, 0.3) is 10.2 Å². The SMILES string of the molecule is CCN(CC)S(=O)(=O)N(CCCO)C1CCC1. The summed E-state index contributed by atoms with van der Waals surface area (Å²) in [5.74, 6) is 0. The molecule has 0 aliphatic heterocycles. The average Bonchev–Trinajstić information content (AvgIpc) is 2.22. The minimum atomic E-state index is -3.34. The molecule has 0 atom stereocenters. The van der Waals surface area contributed by atoms with E-state index in [1.165, 1.54) is 4.31 Å². The van der Waals surface area contributed by atoms with Gasteiger partial charge in [0.1, 0.15) is 0 Å². The van der Waals surface area contributed by atoms with E-state index in [0.29, 0.717) is 26.1 Å². The second-order valence-corrected chi connectivity index (χ2v) is 6.25. The molecule has 17 heavy (non-hydrogen) atoms. The maximum absolute atomic E-state index is 12.4. The third-order valence-electron chi connectivity index (χ3n) is 3.35. The molecule has 0 spiro atoms. The zero-order valence-corrected chi connectivity index (χ0v) is 11.6. The molecule has 1 N–H and O–H groups in total.